The number of nitrogens with zero attached hydrogens (tertiary/aromatic N) is 1. The summed E-state index contributed by atoms with van der Waals surface area (Å²) in [6, 6.07) is 9.06. The van der Waals surface area contributed by atoms with Crippen LogP contribution in [0.25, 0.3) is 28.2 Å². The molecular formula is C22H22N4O4. The fourth-order valence-electron chi connectivity index (χ4n) is 2.97. The molecule has 0 radical (unpaired) electrons. The van der Waals surface area contributed by atoms with Crippen molar-refractivity contribution in [2.24, 2.45) is 5.73 Å². The van der Waals surface area contributed by atoms with E-state index in [1.165, 1.54) is 13.0 Å². The number of benzene rings is 1. The van der Waals surface area contributed by atoms with Gasteiger partial charge in [-0.25, -0.2) is 4.98 Å². The molecule has 0 aliphatic rings. The van der Waals surface area contributed by atoms with Gasteiger partial charge in [0, 0.05) is 47.5 Å². The monoisotopic (exact) mass is 406 g/mol. The maximum Gasteiger partial charge on any atom is 0.302 e. The van der Waals surface area contributed by atoms with Crippen LogP contribution in [0.2, 0.25) is 0 Å². The zero-order valence-electron chi connectivity index (χ0n) is 16.6. The molecular weight excluding hydrogens is 384 g/mol. The van der Waals surface area contributed by atoms with E-state index in [2.05, 4.69) is 15.3 Å². The summed E-state index contributed by atoms with van der Waals surface area (Å²) in [5.41, 5.74) is 8.91. The molecule has 3 rings (SSSR count). The van der Waals surface area contributed by atoms with E-state index in [1.807, 2.05) is 18.2 Å². The van der Waals surface area contributed by atoms with Gasteiger partial charge in [0.05, 0.1) is 6.54 Å². The second-order valence-electron chi connectivity index (χ2n) is 6.81. The average Bonchev–Trinajstić information content (AvgIpc) is 3.12. The summed E-state index contributed by atoms with van der Waals surface area (Å²) in [7, 11) is 0. The lowest BCUT2D eigenvalue weighted by atomic mass is 10.0. The van der Waals surface area contributed by atoms with E-state index in [0.717, 1.165) is 22.1 Å². The van der Waals surface area contributed by atoms with Crippen molar-refractivity contribution in [2.45, 2.75) is 20.0 Å². The van der Waals surface area contributed by atoms with Crippen LogP contribution in [0.1, 0.15) is 29.8 Å². The Morgan fingerprint density at radius 2 is 1.97 bits per heavy atom. The van der Waals surface area contributed by atoms with Crippen molar-refractivity contribution in [1.29, 1.82) is 0 Å². The van der Waals surface area contributed by atoms with Crippen LogP contribution in [0.5, 0.6) is 0 Å². The number of nitrogens with two attached hydrogens (primary N) is 1. The van der Waals surface area contributed by atoms with Crippen LogP contribution in [-0.4, -0.2) is 40.4 Å². The maximum absolute atomic E-state index is 12.3. The minimum atomic E-state index is -0.524. The number of esters is 1. The summed E-state index contributed by atoms with van der Waals surface area (Å²) in [4.78, 5) is 41.7. The highest BCUT2D eigenvalue weighted by molar-refractivity contribution is 5.96. The van der Waals surface area contributed by atoms with Crippen molar-refractivity contribution in [2.75, 3.05) is 6.54 Å². The smallest absolute Gasteiger partial charge is 0.302 e. The fourth-order valence-corrected chi connectivity index (χ4v) is 2.97. The normalized spacial score (nSPS) is 12.1. The van der Waals surface area contributed by atoms with Gasteiger partial charge in [0.1, 0.15) is 11.8 Å². The number of rotatable bonds is 7. The molecule has 0 saturated heterocycles. The Labute approximate surface area is 173 Å². The molecule has 30 heavy (non-hydrogen) atoms. The maximum atomic E-state index is 12.3. The van der Waals surface area contributed by atoms with Crippen molar-refractivity contribution < 1.29 is 19.1 Å². The molecule has 0 saturated carbocycles. The van der Waals surface area contributed by atoms with Gasteiger partial charge in [-0.2, -0.15) is 0 Å². The summed E-state index contributed by atoms with van der Waals surface area (Å²) in [5, 5.41) is 3.59. The Hall–Kier alpha value is -3.94. The number of primary amides is 1. The van der Waals surface area contributed by atoms with E-state index in [9.17, 15) is 14.4 Å². The van der Waals surface area contributed by atoms with E-state index in [-0.39, 0.29) is 18.4 Å². The second kappa shape index (κ2) is 9.04. The molecule has 0 spiro atoms. The molecule has 2 amide bonds. The quantitative estimate of drug-likeness (QED) is 0.410. The molecule has 2 heterocycles. The van der Waals surface area contributed by atoms with E-state index >= 15 is 0 Å². The van der Waals surface area contributed by atoms with Crippen molar-refractivity contribution in [3.63, 3.8) is 0 Å². The SMILES string of the molecule is CC(=O)OC(C)CNC(=O)c1ccc(-c2cnc3[nH]cc(C=CC(N)=O)c3c2)cc1. The fraction of sp³-hybridized carbons (Fsp3) is 0.182. The predicted molar refractivity (Wildman–Crippen MR) is 113 cm³/mol. The number of ether oxygens (including phenoxy) is 1. The van der Waals surface area contributed by atoms with Gasteiger partial charge in [0.25, 0.3) is 5.91 Å². The van der Waals surface area contributed by atoms with E-state index in [1.54, 1.807) is 37.5 Å². The van der Waals surface area contributed by atoms with Crippen LogP contribution in [0.3, 0.4) is 0 Å². The minimum Gasteiger partial charge on any atom is -0.461 e. The average molecular weight is 406 g/mol. The predicted octanol–water partition coefficient (Wildman–Crippen LogP) is 2.41. The van der Waals surface area contributed by atoms with Gasteiger partial charge < -0.3 is 20.8 Å². The molecule has 154 valence electrons. The summed E-state index contributed by atoms with van der Waals surface area (Å²) < 4.78 is 4.99. The number of aromatic amines is 1. The topological polar surface area (TPSA) is 127 Å². The van der Waals surface area contributed by atoms with Gasteiger partial charge in [-0.1, -0.05) is 12.1 Å². The van der Waals surface area contributed by atoms with Crippen LogP contribution in [0.15, 0.2) is 48.8 Å². The zero-order chi connectivity index (χ0) is 21.7. The number of nitrogens with one attached hydrogen (secondary N) is 2. The molecule has 8 heteroatoms. The van der Waals surface area contributed by atoms with Gasteiger partial charge in [-0.15, -0.1) is 0 Å². The molecule has 1 atom stereocenters. The van der Waals surface area contributed by atoms with Crippen molar-refractivity contribution >= 4 is 34.9 Å². The lowest BCUT2D eigenvalue weighted by molar-refractivity contribution is -0.145. The number of aromatic nitrogens is 2. The highest BCUT2D eigenvalue weighted by Crippen LogP contribution is 2.25. The number of pyridine rings is 1. The highest BCUT2D eigenvalue weighted by Gasteiger charge is 2.11. The summed E-state index contributed by atoms with van der Waals surface area (Å²) >= 11 is 0. The lowest BCUT2D eigenvalue weighted by Crippen LogP contribution is -2.32. The van der Waals surface area contributed by atoms with Crippen LogP contribution in [0, 0.1) is 0 Å². The van der Waals surface area contributed by atoms with Gasteiger partial charge >= 0.3 is 5.97 Å². The van der Waals surface area contributed by atoms with Crippen LogP contribution >= 0.6 is 0 Å². The first-order valence-corrected chi connectivity index (χ1v) is 9.34. The number of hydrogen-bond donors (Lipinski definition) is 3. The summed E-state index contributed by atoms with van der Waals surface area (Å²) in [6.07, 6.45) is 6.02. The number of hydrogen-bond acceptors (Lipinski definition) is 5. The lowest BCUT2D eigenvalue weighted by Gasteiger charge is -2.13. The first-order chi connectivity index (χ1) is 14.3. The Kier molecular flexibility index (Phi) is 6.26. The van der Waals surface area contributed by atoms with E-state index in [4.69, 9.17) is 10.5 Å². The molecule has 4 N–H and O–H groups in total. The number of carbonyl (C=O) groups is 3. The Morgan fingerprint density at radius 1 is 1.23 bits per heavy atom. The van der Waals surface area contributed by atoms with E-state index < -0.39 is 12.0 Å². The first-order valence-electron chi connectivity index (χ1n) is 9.34. The minimum absolute atomic E-state index is 0.232. The van der Waals surface area contributed by atoms with Crippen molar-refractivity contribution in [3.8, 4) is 11.1 Å². The highest BCUT2D eigenvalue weighted by atomic mass is 16.5. The molecule has 0 aliphatic carbocycles. The van der Waals surface area contributed by atoms with Crippen LogP contribution in [0.4, 0.5) is 0 Å². The van der Waals surface area contributed by atoms with Gasteiger partial charge in [0.15, 0.2) is 0 Å². The summed E-state index contributed by atoms with van der Waals surface area (Å²) in [6.45, 7) is 3.27. The summed E-state index contributed by atoms with van der Waals surface area (Å²) in [5.74, 6) is -1.16. The number of H-pyrrole nitrogens is 1. The molecule has 1 aromatic carbocycles. The third-order valence-corrected chi connectivity index (χ3v) is 4.39. The second-order valence-corrected chi connectivity index (χ2v) is 6.81. The van der Waals surface area contributed by atoms with Gasteiger partial charge in [-0.05, 0) is 36.8 Å². The number of amides is 2. The van der Waals surface area contributed by atoms with Crippen molar-refractivity contribution in [3.05, 3.63) is 59.9 Å². The standard InChI is InChI=1S/C22H22N4O4/c1-13(30-14(2)27)10-26-22(29)16-5-3-15(4-6-16)18-9-19-17(7-8-20(23)28)11-24-21(19)25-12-18/h3-9,11-13H,10H2,1-2H3,(H2,23,28)(H,24,25)(H,26,29). The molecule has 1 unspecified atom stereocenters. The zero-order valence-corrected chi connectivity index (χ0v) is 16.6. The molecule has 3 aromatic rings. The van der Waals surface area contributed by atoms with Gasteiger partial charge in [-0.3, -0.25) is 14.4 Å². The Bertz CT molecular complexity index is 1120. The Morgan fingerprint density at radius 3 is 2.63 bits per heavy atom. The van der Waals surface area contributed by atoms with Crippen LogP contribution in [-0.2, 0) is 14.3 Å². The Balaban J connectivity index is 1.75. The van der Waals surface area contributed by atoms with Crippen molar-refractivity contribution in [1.82, 2.24) is 15.3 Å². The molecule has 0 bridgehead atoms. The third kappa shape index (κ3) is 5.11. The molecule has 0 aliphatic heterocycles. The first kappa shape index (κ1) is 20.8. The number of carbonyl (C=O) groups excluding carboxylic acids is 3. The number of fused-ring (bicyclic) bond motifs is 1. The van der Waals surface area contributed by atoms with Gasteiger partial charge in [0.2, 0.25) is 5.91 Å². The molecule has 2 aromatic heterocycles. The third-order valence-electron chi connectivity index (χ3n) is 4.39. The molecule has 0 fully saturated rings. The van der Waals surface area contributed by atoms with E-state index in [0.29, 0.717) is 11.2 Å². The van der Waals surface area contributed by atoms with Crippen LogP contribution < -0.4 is 11.1 Å². The molecule has 8 nitrogen and oxygen atoms in total. The largest absolute Gasteiger partial charge is 0.461 e.